The van der Waals surface area contributed by atoms with E-state index in [1.807, 2.05) is 12.1 Å². The SMILES string of the molecule is CCc1nn2c(-c3ccc(Cl)cc3C)cccc2c1NC(CC)CC. The number of pyridine rings is 1. The third-order valence-corrected chi connectivity index (χ3v) is 5.10. The molecule has 0 saturated carbocycles. The zero-order valence-corrected chi connectivity index (χ0v) is 16.2. The lowest BCUT2D eigenvalue weighted by Gasteiger charge is -2.16. The van der Waals surface area contributed by atoms with Crippen molar-refractivity contribution in [3.8, 4) is 11.3 Å². The lowest BCUT2D eigenvalue weighted by atomic mass is 10.0. The molecule has 132 valence electrons. The van der Waals surface area contributed by atoms with Gasteiger partial charge in [0, 0.05) is 16.6 Å². The molecule has 2 heterocycles. The van der Waals surface area contributed by atoms with Gasteiger partial charge in [-0.3, -0.25) is 0 Å². The van der Waals surface area contributed by atoms with E-state index in [1.54, 1.807) is 0 Å². The second-order valence-corrected chi connectivity index (χ2v) is 6.94. The normalized spacial score (nSPS) is 11.4. The van der Waals surface area contributed by atoms with E-state index in [9.17, 15) is 0 Å². The van der Waals surface area contributed by atoms with Crippen molar-refractivity contribution in [1.82, 2.24) is 9.61 Å². The number of hydrogen-bond acceptors (Lipinski definition) is 2. The van der Waals surface area contributed by atoms with Crippen molar-refractivity contribution in [2.45, 2.75) is 53.0 Å². The summed E-state index contributed by atoms with van der Waals surface area (Å²) >= 11 is 6.13. The van der Waals surface area contributed by atoms with Crippen LogP contribution in [0.15, 0.2) is 36.4 Å². The van der Waals surface area contributed by atoms with E-state index in [1.165, 1.54) is 5.69 Å². The van der Waals surface area contributed by atoms with Gasteiger partial charge in [-0.2, -0.15) is 5.10 Å². The third-order valence-electron chi connectivity index (χ3n) is 4.86. The second-order valence-electron chi connectivity index (χ2n) is 6.50. The van der Waals surface area contributed by atoms with E-state index in [2.05, 4.69) is 61.8 Å². The molecule has 0 aliphatic carbocycles. The number of aromatic nitrogens is 2. The highest BCUT2D eigenvalue weighted by atomic mass is 35.5. The molecule has 0 saturated heterocycles. The number of anilines is 1. The molecule has 3 rings (SSSR count). The molecular formula is C21H26ClN3. The predicted octanol–water partition coefficient (Wildman–Crippen LogP) is 6.13. The van der Waals surface area contributed by atoms with Crippen LogP contribution in [0.4, 0.5) is 5.69 Å². The summed E-state index contributed by atoms with van der Waals surface area (Å²) in [5.41, 5.74) is 6.84. The van der Waals surface area contributed by atoms with Crippen LogP contribution in [0.5, 0.6) is 0 Å². The van der Waals surface area contributed by atoms with Crippen LogP contribution in [0.25, 0.3) is 16.8 Å². The Balaban J connectivity index is 2.18. The van der Waals surface area contributed by atoms with Crippen LogP contribution in [-0.4, -0.2) is 15.7 Å². The fourth-order valence-electron chi connectivity index (χ4n) is 3.34. The van der Waals surface area contributed by atoms with Gasteiger partial charge in [0.15, 0.2) is 0 Å². The zero-order chi connectivity index (χ0) is 18.0. The Morgan fingerprint density at radius 1 is 1.12 bits per heavy atom. The highest BCUT2D eigenvalue weighted by Crippen LogP contribution is 2.31. The monoisotopic (exact) mass is 355 g/mol. The molecule has 0 aliphatic heterocycles. The maximum atomic E-state index is 6.13. The summed E-state index contributed by atoms with van der Waals surface area (Å²) in [6.45, 7) is 8.70. The Kier molecular flexibility index (Phi) is 5.33. The summed E-state index contributed by atoms with van der Waals surface area (Å²) in [5.74, 6) is 0. The Morgan fingerprint density at radius 2 is 1.88 bits per heavy atom. The van der Waals surface area contributed by atoms with Crippen molar-refractivity contribution in [3.05, 3.63) is 52.7 Å². The van der Waals surface area contributed by atoms with Crippen molar-refractivity contribution >= 4 is 22.8 Å². The molecule has 0 aliphatic rings. The molecule has 25 heavy (non-hydrogen) atoms. The highest BCUT2D eigenvalue weighted by Gasteiger charge is 2.17. The van der Waals surface area contributed by atoms with Crippen LogP contribution < -0.4 is 5.32 Å². The zero-order valence-electron chi connectivity index (χ0n) is 15.4. The number of benzene rings is 1. The first-order chi connectivity index (χ1) is 12.1. The van der Waals surface area contributed by atoms with Crippen LogP contribution in [0.1, 0.15) is 44.9 Å². The topological polar surface area (TPSA) is 29.3 Å². The molecular weight excluding hydrogens is 330 g/mol. The smallest absolute Gasteiger partial charge is 0.0903 e. The third kappa shape index (κ3) is 3.38. The molecule has 3 aromatic rings. The minimum absolute atomic E-state index is 0.472. The Labute approximate surface area is 155 Å². The molecule has 0 spiro atoms. The van der Waals surface area contributed by atoms with E-state index in [0.717, 1.165) is 52.3 Å². The molecule has 0 amide bonds. The maximum absolute atomic E-state index is 6.13. The predicted molar refractivity (Wildman–Crippen MR) is 108 cm³/mol. The van der Waals surface area contributed by atoms with Gasteiger partial charge in [-0.1, -0.05) is 44.5 Å². The maximum Gasteiger partial charge on any atom is 0.0903 e. The van der Waals surface area contributed by atoms with Gasteiger partial charge in [-0.05, 0) is 56.0 Å². The molecule has 4 heteroatoms. The summed E-state index contributed by atoms with van der Waals surface area (Å²) in [4.78, 5) is 0. The number of fused-ring (bicyclic) bond motifs is 1. The van der Waals surface area contributed by atoms with Gasteiger partial charge in [0.25, 0.3) is 0 Å². The van der Waals surface area contributed by atoms with E-state index >= 15 is 0 Å². The van der Waals surface area contributed by atoms with Crippen LogP contribution in [0.3, 0.4) is 0 Å². The molecule has 0 unspecified atom stereocenters. The first kappa shape index (κ1) is 17.8. The second kappa shape index (κ2) is 7.49. The Morgan fingerprint density at radius 3 is 2.52 bits per heavy atom. The van der Waals surface area contributed by atoms with Crippen molar-refractivity contribution in [2.75, 3.05) is 5.32 Å². The standard InChI is InChI=1S/C21H26ClN3/c1-5-16(6-2)23-21-18(7-3)24-25-19(9-8-10-20(21)25)17-12-11-15(22)13-14(17)4/h8-13,16,23H,5-7H2,1-4H3. The molecule has 2 aromatic heterocycles. The van der Waals surface area contributed by atoms with Crippen molar-refractivity contribution in [2.24, 2.45) is 0 Å². The molecule has 0 radical (unpaired) electrons. The summed E-state index contributed by atoms with van der Waals surface area (Å²) in [6, 6.07) is 12.9. The van der Waals surface area contributed by atoms with E-state index < -0.39 is 0 Å². The summed E-state index contributed by atoms with van der Waals surface area (Å²) in [7, 11) is 0. The number of nitrogens with one attached hydrogen (secondary N) is 1. The Hall–Kier alpha value is -2.00. The first-order valence-corrected chi connectivity index (χ1v) is 9.50. The number of nitrogens with zero attached hydrogens (tertiary/aromatic N) is 2. The van der Waals surface area contributed by atoms with Gasteiger partial charge in [0.05, 0.1) is 22.6 Å². The van der Waals surface area contributed by atoms with Crippen LogP contribution in [0.2, 0.25) is 5.02 Å². The highest BCUT2D eigenvalue weighted by molar-refractivity contribution is 6.30. The van der Waals surface area contributed by atoms with Crippen LogP contribution in [0, 0.1) is 6.92 Å². The fourth-order valence-corrected chi connectivity index (χ4v) is 3.56. The quantitative estimate of drug-likeness (QED) is 0.576. The van der Waals surface area contributed by atoms with Crippen molar-refractivity contribution < 1.29 is 0 Å². The molecule has 3 nitrogen and oxygen atoms in total. The lowest BCUT2D eigenvalue weighted by Crippen LogP contribution is -2.17. The fraction of sp³-hybridized carbons (Fsp3) is 0.381. The lowest BCUT2D eigenvalue weighted by molar-refractivity contribution is 0.671. The molecule has 1 N–H and O–H groups in total. The Bertz CT molecular complexity index is 878. The van der Waals surface area contributed by atoms with E-state index in [4.69, 9.17) is 16.7 Å². The molecule has 0 fully saturated rings. The van der Waals surface area contributed by atoms with Crippen LogP contribution >= 0.6 is 11.6 Å². The average Bonchev–Trinajstić information content (AvgIpc) is 2.97. The van der Waals surface area contributed by atoms with Gasteiger partial charge in [0.1, 0.15) is 0 Å². The number of rotatable bonds is 6. The minimum atomic E-state index is 0.472. The summed E-state index contributed by atoms with van der Waals surface area (Å²) in [5, 5.41) is 9.40. The first-order valence-electron chi connectivity index (χ1n) is 9.12. The van der Waals surface area contributed by atoms with Crippen molar-refractivity contribution in [3.63, 3.8) is 0 Å². The molecule has 1 aromatic carbocycles. The minimum Gasteiger partial charge on any atom is -0.379 e. The average molecular weight is 356 g/mol. The number of hydrogen-bond donors (Lipinski definition) is 1. The summed E-state index contributed by atoms with van der Waals surface area (Å²) in [6.07, 6.45) is 3.11. The molecule has 0 atom stereocenters. The molecule has 0 bridgehead atoms. The van der Waals surface area contributed by atoms with Gasteiger partial charge in [0.2, 0.25) is 0 Å². The van der Waals surface area contributed by atoms with Gasteiger partial charge < -0.3 is 5.32 Å². The number of aryl methyl sites for hydroxylation is 2. The number of halogens is 1. The van der Waals surface area contributed by atoms with E-state index in [-0.39, 0.29) is 0 Å². The van der Waals surface area contributed by atoms with Gasteiger partial charge >= 0.3 is 0 Å². The van der Waals surface area contributed by atoms with Crippen LogP contribution in [-0.2, 0) is 6.42 Å². The van der Waals surface area contributed by atoms with E-state index in [0.29, 0.717) is 6.04 Å². The summed E-state index contributed by atoms with van der Waals surface area (Å²) < 4.78 is 2.07. The largest absolute Gasteiger partial charge is 0.379 e. The van der Waals surface area contributed by atoms with Gasteiger partial charge in [-0.25, -0.2) is 4.52 Å². The van der Waals surface area contributed by atoms with Gasteiger partial charge in [-0.15, -0.1) is 0 Å². The van der Waals surface area contributed by atoms with Crippen molar-refractivity contribution in [1.29, 1.82) is 0 Å².